The van der Waals surface area contributed by atoms with Gasteiger partial charge in [-0.25, -0.2) is 4.99 Å². The molecule has 0 radical (unpaired) electrons. The van der Waals surface area contributed by atoms with E-state index >= 15 is 0 Å². The number of hydrogen-bond acceptors (Lipinski definition) is 2. The summed E-state index contributed by atoms with van der Waals surface area (Å²) in [5.41, 5.74) is 6.63. The molecule has 1 rings (SSSR count). The number of rotatable bonds is 4. The Bertz CT molecular complexity index is 328. The van der Waals surface area contributed by atoms with Crippen molar-refractivity contribution >= 4 is 5.96 Å². The summed E-state index contributed by atoms with van der Waals surface area (Å²) < 4.78 is 1.75. The van der Waals surface area contributed by atoms with Gasteiger partial charge in [-0.1, -0.05) is 6.92 Å². The van der Waals surface area contributed by atoms with Crippen LogP contribution in [0.25, 0.3) is 0 Å². The lowest BCUT2D eigenvalue weighted by Gasteiger charge is -2.11. The van der Waals surface area contributed by atoms with E-state index < -0.39 is 0 Å². The molecule has 1 aromatic heterocycles. The van der Waals surface area contributed by atoms with E-state index in [1.165, 1.54) is 0 Å². The first-order valence-electron chi connectivity index (χ1n) is 5.16. The zero-order chi connectivity index (χ0) is 11.3. The Balaban J connectivity index is 2.43. The second kappa shape index (κ2) is 5.38. The van der Waals surface area contributed by atoms with E-state index in [0.29, 0.717) is 18.5 Å². The lowest BCUT2D eigenvalue weighted by Crippen LogP contribution is -2.38. The minimum Gasteiger partial charge on any atom is -0.370 e. The predicted octanol–water partition coefficient (Wildman–Crippen LogP) is 0.623. The summed E-state index contributed by atoms with van der Waals surface area (Å²) in [6.45, 7) is 4.70. The predicted molar refractivity (Wildman–Crippen MR) is 61.4 cm³/mol. The summed E-state index contributed by atoms with van der Waals surface area (Å²) in [5, 5.41) is 7.31. The van der Waals surface area contributed by atoms with E-state index in [-0.39, 0.29) is 0 Å². The molecule has 1 atom stereocenters. The minimum atomic E-state index is 0.359. The largest absolute Gasteiger partial charge is 0.370 e. The Morgan fingerprint density at radius 2 is 2.47 bits per heavy atom. The third-order valence-electron chi connectivity index (χ3n) is 2.19. The van der Waals surface area contributed by atoms with Crippen LogP contribution in [-0.4, -0.2) is 21.8 Å². The number of nitrogens with two attached hydrogens (primary N) is 1. The van der Waals surface area contributed by atoms with Crippen LogP contribution in [0.3, 0.4) is 0 Å². The molecule has 0 aliphatic carbocycles. The number of aliphatic imine (C=N–C) groups is 1. The van der Waals surface area contributed by atoms with E-state index in [0.717, 1.165) is 12.1 Å². The number of guanidine groups is 1. The van der Waals surface area contributed by atoms with Gasteiger partial charge < -0.3 is 11.1 Å². The molecule has 84 valence electrons. The Morgan fingerprint density at radius 3 is 3.00 bits per heavy atom. The highest BCUT2D eigenvalue weighted by Gasteiger charge is 1.99. The molecule has 0 bridgehead atoms. The maximum Gasteiger partial charge on any atom is 0.189 e. The van der Waals surface area contributed by atoms with Crippen LogP contribution in [0.1, 0.15) is 26.0 Å². The molecule has 0 saturated carbocycles. The number of aryl methyl sites for hydroxylation is 1. The van der Waals surface area contributed by atoms with Crippen LogP contribution < -0.4 is 11.1 Å². The van der Waals surface area contributed by atoms with Gasteiger partial charge in [0, 0.05) is 19.3 Å². The monoisotopic (exact) mass is 209 g/mol. The molecular weight excluding hydrogens is 190 g/mol. The molecule has 0 aliphatic heterocycles. The number of nitrogens with one attached hydrogen (secondary N) is 1. The topological polar surface area (TPSA) is 68.2 Å². The average Bonchev–Trinajstić information content (AvgIpc) is 2.61. The van der Waals surface area contributed by atoms with E-state index in [1.54, 1.807) is 4.68 Å². The van der Waals surface area contributed by atoms with Crippen molar-refractivity contribution in [3.8, 4) is 0 Å². The molecule has 1 heterocycles. The average molecular weight is 209 g/mol. The highest BCUT2D eigenvalue weighted by Crippen LogP contribution is 1.96. The van der Waals surface area contributed by atoms with Gasteiger partial charge in [-0.3, -0.25) is 4.68 Å². The Hall–Kier alpha value is -1.52. The molecule has 0 saturated heterocycles. The molecule has 3 N–H and O–H groups in total. The third kappa shape index (κ3) is 4.01. The minimum absolute atomic E-state index is 0.359. The fourth-order valence-electron chi connectivity index (χ4n) is 1.11. The number of hydrogen-bond donors (Lipinski definition) is 2. The van der Waals surface area contributed by atoms with Crippen molar-refractivity contribution in [3.05, 3.63) is 18.0 Å². The SMILES string of the molecule is CCC(C)NC(N)=NCc1ccn(C)n1. The first-order valence-corrected chi connectivity index (χ1v) is 5.16. The summed E-state index contributed by atoms with van der Waals surface area (Å²) in [6, 6.07) is 2.29. The van der Waals surface area contributed by atoms with Crippen molar-refractivity contribution in [2.24, 2.45) is 17.8 Å². The molecular formula is C10H19N5. The molecule has 1 unspecified atom stereocenters. The molecule has 0 spiro atoms. The van der Waals surface area contributed by atoms with Crippen molar-refractivity contribution in [2.75, 3.05) is 0 Å². The van der Waals surface area contributed by atoms with Gasteiger partial charge in [-0.05, 0) is 19.4 Å². The summed E-state index contributed by atoms with van der Waals surface area (Å²) in [5.74, 6) is 0.481. The molecule has 0 fully saturated rings. The number of aromatic nitrogens is 2. The lowest BCUT2D eigenvalue weighted by molar-refractivity contribution is 0.636. The van der Waals surface area contributed by atoms with Crippen LogP contribution in [0.15, 0.2) is 17.3 Å². The molecule has 1 aromatic rings. The normalized spacial score (nSPS) is 13.9. The van der Waals surface area contributed by atoms with Gasteiger partial charge in [-0.15, -0.1) is 0 Å². The van der Waals surface area contributed by atoms with Gasteiger partial charge >= 0.3 is 0 Å². The summed E-state index contributed by atoms with van der Waals surface area (Å²) >= 11 is 0. The highest BCUT2D eigenvalue weighted by molar-refractivity contribution is 5.78. The van der Waals surface area contributed by atoms with Crippen LogP contribution >= 0.6 is 0 Å². The van der Waals surface area contributed by atoms with Crippen LogP contribution in [0.2, 0.25) is 0 Å². The van der Waals surface area contributed by atoms with E-state index in [2.05, 4.69) is 29.3 Å². The van der Waals surface area contributed by atoms with E-state index in [1.807, 2.05) is 19.3 Å². The van der Waals surface area contributed by atoms with Gasteiger partial charge in [0.25, 0.3) is 0 Å². The molecule has 5 heteroatoms. The van der Waals surface area contributed by atoms with Gasteiger partial charge in [0.2, 0.25) is 0 Å². The van der Waals surface area contributed by atoms with E-state index in [9.17, 15) is 0 Å². The lowest BCUT2D eigenvalue weighted by atomic mass is 10.3. The summed E-state index contributed by atoms with van der Waals surface area (Å²) in [7, 11) is 1.88. The van der Waals surface area contributed by atoms with Crippen LogP contribution in [0.5, 0.6) is 0 Å². The second-order valence-electron chi connectivity index (χ2n) is 3.64. The van der Waals surface area contributed by atoms with Crippen LogP contribution in [0.4, 0.5) is 0 Å². The standard InChI is InChI=1S/C10H19N5/c1-4-8(2)13-10(11)12-7-9-5-6-15(3)14-9/h5-6,8H,4,7H2,1-3H3,(H3,11,12,13). The van der Waals surface area contributed by atoms with Crippen molar-refractivity contribution in [1.82, 2.24) is 15.1 Å². The highest BCUT2D eigenvalue weighted by atomic mass is 15.3. The van der Waals surface area contributed by atoms with Gasteiger partial charge in [0.15, 0.2) is 5.96 Å². The van der Waals surface area contributed by atoms with Gasteiger partial charge in [0.05, 0.1) is 12.2 Å². The third-order valence-corrected chi connectivity index (χ3v) is 2.19. The first-order chi connectivity index (χ1) is 7.11. The van der Waals surface area contributed by atoms with Crippen molar-refractivity contribution in [3.63, 3.8) is 0 Å². The smallest absolute Gasteiger partial charge is 0.189 e. The second-order valence-corrected chi connectivity index (χ2v) is 3.64. The van der Waals surface area contributed by atoms with Crippen molar-refractivity contribution in [1.29, 1.82) is 0 Å². The molecule has 0 amide bonds. The van der Waals surface area contributed by atoms with Crippen molar-refractivity contribution < 1.29 is 0 Å². The fourth-order valence-corrected chi connectivity index (χ4v) is 1.11. The summed E-state index contributed by atoms with van der Waals surface area (Å²) in [6.07, 6.45) is 2.92. The summed E-state index contributed by atoms with van der Waals surface area (Å²) in [4.78, 5) is 4.20. The quantitative estimate of drug-likeness (QED) is 0.564. The Kier molecular flexibility index (Phi) is 4.15. The van der Waals surface area contributed by atoms with Gasteiger partial charge in [0.1, 0.15) is 0 Å². The number of nitrogens with zero attached hydrogens (tertiary/aromatic N) is 3. The van der Waals surface area contributed by atoms with E-state index in [4.69, 9.17) is 5.73 Å². The zero-order valence-corrected chi connectivity index (χ0v) is 9.57. The zero-order valence-electron chi connectivity index (χ0n) is 9.57. The Labute approximate surface area is 90.4 Å². The maximum atomic E-state index is 5.71. The van der Waals surface area contributed by atoms with Crippen LogP contribution in [0, 0.1) is 0 Å². The van der Waals surface area contributed by atoms with Crippen LogP contribution in [-0.2, 0) is 13.6 Å². The maximum absolute atomic E-state index is 5.71. The van der Waals surface area contributed by atoms with Crippen molar-refractivity contribution in [2.45, 2.75) is 32.9 Å². The van der Waals surface area contributed by atoms with Gasteiger partial charge in [-0.2, -0.15) is 5.10 Å². The molecule has 0 aromatic carbocycles. The molecule has 5 nitrogen and oxygen atoms in total. The Morgan fingerprint density at radius 1 is 1.73 bits per heavy atom. The molecule has 15 heavy (non-hydrogen) atoms. The molecule has 0 aliphatic rings. The first kappa shape index (κ1) is 11.6. The fraction of sp³-hybridized carbons (Fsp3) is 0.600.